The zero-order valence-corrected chi connectivity index (χ0v) is 14.1. The number of aromatic hydroxyl groups is 1. The second-order valence-electron chi connectivity index (χ2n) is 6.29. The normalized spacial score (nSPS) is 18.3. The van der Waals surface area contributed by atoms with Crippen molar-refractivity contribution < 1.29 is 19.4 Å². The lowest BCUT2D eigenvalue weighted by Crippen LogP contribution is -2.29. The summed E-state index contributed by atoms with van der Waals surface area (Å²) >= 11 is 6.69. The first-order valence-electron chi connectivity index (χ1n) is 8.06. The van der Waals surface area contributed by atoms with E-state index in [-0.39, 0.29) is 28.6 Å². The van der Waals surface area contributed by atoms with Gasteiger partial charge in [0.2, 0.25) is 5.78 Å². The van der Waals surface area contributed by atoms with E-state index in [9.17, 15) is 14.7 Å². The highest BCUT2D eigenvalue weighted by Crippen LogP contribution is 2.48. The number of phenolic OH excluding ortho intramolecular Hbond substituents is 1. The van der Waals surface area contributed by atoms with Crippen molar-refractivity contribution in [2.75, 3.05) is 0 Å². The van der Waals surface area contributed by atoms with Crippen LogP contribution in [0.15, 0.2) is 65.9 Å². The number of hydrogen-bond donors (Lipinski definition) is 1. The third-order valence-corrected chi connectivity index (χ3v) is 5.27. The average molecular weight is 363 g/mol. The van der Waals surface area contributed by atoms with Crippen molar-refractivity contribution in [3.05, 3.63) is 82.6 Å². The number of ether oxygens (including phenoxy) is 1. The molecule has 5 heteroatoms. The Balaban J connectivity index is 1.77. The van der Waals surface area contributed by atoms with Crippen molar-refractivity contribution in [1.82, 2.24) is 0 Å². The minimum Gasteiger partial charge on any atom is -0.508 e. The number of alkyl halides is 1. The summed E-state index contributed by atoms with van der Waals surface area (Å²) in [5, 5.41) is 10.6. The van der Waals surface area contributed by atoms with E-state index < -0.39 is 5.38 Å². The van der Waals surface area contributed by atoms with Gasteiger partial charge in [-0.1, -0.05) is 36.4 Å². The first-order chi connectivity index (χ1) is 12.6. The predicted molar refractivity (Wildman–Crippen MR) is 97.0 cm³/mol. The Kier molecular flexibility index (Phi) is 3.03. The maximum Gasteiger partial charge on any atom is 0.229 e. The number of fused-ring (bicyclic) bond motifs is 4. The smallest absolute Gasteiger partial charge is 0.229 e. The van der Waals surface area contributed by atoms with Gasteiger partial charge in [-0.2, -0.15) is 0 Å². The Bertz CT molecular complexity index is 1180. The van der Waals surface area contributed by atoms with Crippen LogP contribution in [0.25, 0.3) is 10.8 Å². The molecular weight excluding hydrogens is 352 g/mol. The van der Waals surface area contributed by atoms with Gasteiger partial charge in [-0.05, 0) is 29.0 Å². The molecule has 1 unspecified atom stereocenters. The number of ketones is 2. The minimum absolute atomic E-state index is 0.0132. The molecule has 0 fully saturated rings. The summed E-state index contributed by atoms with van der Waals surface area (Å²) in [5.41, 5.74) is 1.39. The number of phenols is 1. The Morgan fingerprint density at radius 1 is 0.923 bits per heavy atom. The third-order valence-electron chi connectivity index (χ3n) is 4.84. The lowest BCUT2D eigenvalue weighted by molar-refractivity contribution is 0.0929. The summed E-state index contributed by atoms with van der Waals surface area (Å²) in [6.45, 7) is 0. The number of allylic oxidation sites excluding steroid dienone is 2. The molecule has 126 valence electrons. The number of rotatable bonds is 0. The summed E-state index contributed by atoms with van der Waals surface area (Å²) in [4.78, 5) is 25.8. The van der Waals surface area contributed by atoms with Crippen molar-refractivity contribution in [3.63, 3.8) is 0 Å². The zero-order valence-electron chi connectivity index (χ0n) is 13.3. The number of Topliss-reactive ketones (excluding diaryl/α,β-unsaturated/α-hetero) is 2. The summed E-state index contributed by atoms with van der Waals surface area (Å²) in [6, 6.07) is 15.1. The van der Waals surface area contributed by atoms with Gasteiger partial charge >= 0.3 is 0 Å². The van der Waals surface area contributed by atoms with E-state index in [1.54, 1.807) is 48.5 Å². The number of halogens is 1. The van der Waals surface area contributed by atoms with E-state index >= 15 is 0 Å². The molecule has 1 N–H and O–H groups in total. The average Bonchev–Trinajstić information content (AvgIpc) is 2.65. The van der Waals surface area contributed by atoms with E-state index in [1.807, 2.05) is 6.07 Å². The molecule has 1 heterocycles. The van der Waals surface area contributed by atoms with Gasteiger partial charge < -0.3 is 9.84 Å². The molecule has 0 bridgehead atoms. The fourth-order valence-electron chi connectivity index (χ4n) is 3.62. The summed E-state index contributed by atoms with van der Waals surface area (Å²) in [7, 11) is 0. The largest absolute Gasteiger partial charge is 0.508 e. The fraction of sp³-hybridized carbons (Fsp3) is 0.0476. The summed E-state index contributed by atoms with van der Waals surface area (Å²) in [5.74, 6) is -0.158. The van der Waals surface area contributed by atoms with Crippen molar-refractivity contribution in [2.45, 2.75) is 5.38 Å². The zero-order chi connectivity index (χ0) is 18.0. The van der Waals surface area contributed by atoms with Crippen LogP contribution in [0.3, 0.4) is 0 Å². The van der Waals surface area contributed by atoms with Crippen LogP contribution in [-0.4, -0.2) is 16.7 Å². The van der Waals surface area contributed by atoms with Crippen LogP contribution >= 0.6 is 11.6 Å². The fourth-order valence-corrected chi connectivity index (χ4v) is 4.04. The quantitative estimate of drug-likeness (QED) is 0.596. The molecule has 0 amide bonds. The molecular formula is C21H11ClO4. The lowest BCUT2D eigenvalue weighted by atomic mass is 9.82. The first kappa shape index (κ1) is 15.2. The Morgan fingerprint density at radius 2 is 1.62 bits per heavy atom. The Morgan fingerprint density at radius 3 is 2.38 bits per heavy atom. The Labute approximate surface area is 153 Å². The van der Waals surface area contributed by atoms with E-state index in [2.05, 4.69) is 0 Å². The molecule has 3 aromatic carbocycles. The molecule has 1 aliphatic heterocycles. The van der Waals surface area contributed by atoms with Gasteiger partial charge in [0, 0.05) is 16.7 Å². The van der Waals surface area contributed by atoms with Crippen molar-refractivity contribution >= 4 is 33.9 Å². The van der Waals surface area contributed by atoms with Crippen LogP contribution in [-0.2, 0) is 0 Å². The number of carbonyl (C=O) groups is 2. The maximum absolute atomic E-state index is 13.0. The highest BCUT2D eigenvalue weighted by Gasteiger charge is 2.42. The van der Waals surface area contributed by atoms with Gasteiger partial charge in [0.15, 0.2) is 11.5 Å². The highest BCUT2D eigenvalue weighted by atomic mass is 35.5. The first-order valence-corrected chi connectivity index (χ1v) is 8.50. The van der Waals surface area contributed by atoms with Crippen LogP contribution in [0, 0.1) is 0 Å². The van der Waals surface area contributed by atoms with Crippen LogP contribution in [0.5, 0.6) is 11.5 Å². The van der Waals surface area contributed by atoms with Crippen molar-refractivity contribution in [2.24, 2.45) is 0 Å². The van der Waals surface area contributed by atoms with Gasteiger partial charge in [-0.3, -0.25) is 9.59 Å². The van der Waals surface area contributed by atoms with Gasteiger partial charge in [0.25, 0.3) is 0 Å². The van der Waals surface area contributed by atoms with E-state index in [1.165, 1.54) is 0 Å². The topological polar surface area (TPSA) is 63.6 Å². The molecule has 0 radical (unpaired) electrons. The molecule has 1 aliphatic carbocycles. The highest BCUT2D eigenvalue weighted by molar-refractivity contribution is 6.34. The van der Waals surface area contributed by atoms with Crippen molar-refractivity contribution in [3.8, 4) is 11.5 Å². The van der Waals surface area contributed by atoms with Crippen LogP contribution in [0.4, 0.5) is 0 Å². The third kappa shape index (κ3) is 1.90. The molecule has 1 atom stereocenters. The minimum atomic E-state index is -0.843. The number of hydrogen-bond acceptors (Lipinski definition) is 4. The second kappa shape index (κ2) is 5.19. The van der Waals surface area contributed by atoms with Gasteiger partial charge in [-0.15, -0.1) is 11.6 Å². The van der Waals surface area contributed by atoms with Crippen LogP contribution in [0.1, 0.15) is 31.7 Å². The van der Waals surface area contributed by atoms with Gasteiger partial charge in [0.05, 0.1) is 11.0 Å². The molecule has 0 saturated carbocycles. The molecule has 0 aromatic heterocycles. The maximum atomic E-state index is 13.0. The van der Waals surface area contributed by atoms with Gasteiger partial charge in [0.1, 0.15) is 11.5 Å². The predicted octanol–water partition coefficient (Wildman–Crippen LogP) is 4.55. The van der Waals surface area contributed by atoms with E-state index in [0.29, 0.717) is 27.8 Å². The molecule has 26 heavy (non-hydrogen) atoms. The molecule has 5 rings (SSSR count). The molecule has 0 saturated heterocycles. The second-order valence-corrected chi connectivity index (χ2v) is 6.73. The summed E-state index contributed by atoms with van der Waals surface area (Å²) in [6.07, 6.45) is 0. The van der Waals surface area contributed by atoms with Crippen LogP contribution < -0.4 is 4.74 Å². The molecule has 0 spiro atoms. The number of carbonyl (C=O) groups excluding carboxylic acids is 2. The molecule has 3 aromatic rings. The summed E-state index contributed by atoms with van der Waals surface area (Å²) < 4.78 is 5.84. The lowest BCUT2D eigenvalue weighted by Gasteiger charge is -2.30. The van der Waals surface area contributed by atoms with E-state index in [0.717, 1.165) is 5.39 Å². The molecule has 2 aliphatic rings. The van der Waals surface area contributed by atoms with Crippen molar-refractivity contribution in [1.29, 1.82) is 0 Å². The standard InChI is InChI=1S/C21H11ClO4/c22-18-16-14-9-11(23)7-5-10(14)6-8-15(16)26-21-17(18)19(24)12-3-1-2-4-13(12)20(21)25/h1-9,18,23H. The molecule has 4 nitrogen and oxygen atoms in total. The Hall–Kier alpha value is -3.11. The van der Waals surface area contributed by atoms with Crippen LogP contribution in [0.2, 0.25) is 0 Å². The SMILES string of the molecule is O=C1C2=C(C(=O)c3ccccc31)C(Cl)c1c(ccc3ccc(O)cc13)O2. The van der Waals surface area contributed by atoms with E-state index in [4.69, 9.17) is 16.3 Å². The van der Waals surface area contributed by atoms with Gasteiger partial charge in [-0.25, -0.2) is 0 Å². The number of benzene rings is 3. The monoisotopic (exact) mass is 362 g/mol.